The molecule has 0 bridgehead atoms. The van der Waals surface area contributed by atoms with Crippen LogP contribution in [0.15, 0.2) is 22.4 Å². The van der Waals surface area contributed by atoms with Gasteiger partial charge in [-0.1, -0.05) is 25.8 Å². The third-order valence-electron chi connectivity index (χ3n) is 3.39. The molecule has 1 rings (SSSR count). The van der Waals surface area contributed by atoms with E-state index in [1.165, 1.54) is 35.3 Å². The predicted octanol–water partition coefficient (Wildman–Crippen LogP) is 3.65. The largest absolute Gasteiger partial charge is 0.289 e. The van der Waals surface area contributed by atoms with E-state index in [1.54, 1.807) is 0 Å². The summed E-state index contributed by atoms with van der Waals surface area (Å²) in [6.07, 6.45) is 2.44. The van der Waals surface area contributed by atoms with Crippen molar-refractivity contribution in [1.29, 1.82) is 0 Å². The summed E-state index contributed by atoms with van der Waals surface area (Å²) in [7, 11) is 0. The molecule has 0 aromatic carbocycles. The Balaban J connectivity index is 2.63. The third kappa shape index (κ3) is 2.02. The second kappa shape index (κ2) is 4.68. The third-order valence-corrected chi connectivity index (χ3v) is 3.39. The summed E-state index contributed by atoms with van der Waals surface area (Å²) in [6.45, 7) is 12.1. The number of hydrogen-bond donors (Lipinski definition) is 0. The molecule has 1 atom stereocenters. The Morgan fingerprint density at radius 1 is 1.14 bits per heavy atom. The first-order valence-electron chi connectivity index (χ1n) is 5.65. The van der Waals surface area contributed by atoms with Crippen molar-refractivity contribution in [3.63, 3.8) is 0 Å². The van der Waals surface area contributed by atoms with Gasteiger partial charge in [-0.3, -0.25) is 5.32 Å². The van der Waals surface area contributed by atoms with E-state index in [2.05, 4.69) is 34.6 Å². The monoisotopic (exact) mass is 192 g/mol. The standard InChI is InChI=1S/C13H22N/c1-6-7-8-14-13-11(4)9(2)10(3)12(13)5/h11H,6-8H2,1-5H3. The molecule has 0 aromatic rings. The van der Waals surface area contributed by atoms with E-state index in [4.69, 9.17) is 5.32 Å². The van der Waals surface area contributed by atoms with Gasteiger partial charge in [0.15, 0.2) is 0 Å². The normalized spacial score (nSPS) is 22.2. The van der Waals surface area contributed by atoms with E-state index in [0.717, 1.165) is 6.54 Å². The van der Waals surface area contributed by atoms with Crippen molar-refractivity contribution in [3.8, 4) is 0 Å². The number of hydrogen-bond acceptors (Lipinski definition) is 0. The molecular weight excluding hydrogens is 170 g/mol. The van der Waals surface area contributed by atoms with Crippen molar-refractivity contribution in [3.05, 3.63) is 22.4 Å². The molecular formula is C13H22N. The highest BCUT2D eigenvalue weighted by Gasteiger charge is 2.23. The number of nitrogens with zero attached hydrogens (tertiary/aromatic N) is 1. The maximum Gasteiger partial charge on any atom is 0.0448 e. The first kappa shape index (κ1) is 11.4. The van der Waals surface area contributed by atoms with Crippen molar-refractivity contribution in [2.75, 3.05) is 6.54 Å². The molecule has 0 saturated heterocycles. The van der Waals surface area contributed by atoms with E-state index in [0.29, 0.717) is 5.92 Å². The fourth-order valence-electron chi connectivity index (χ4n) is 1.96. The summed E-state index contributed by atoms with van der Waals surface area (Å²) in [5, 5.41) is 4.71. The summed E-state index contributed by atoms with van der Waals surface area (Å²) in [6, 6.07) is 0. The Morgan fingerprint density at radius 2 is 1.79 bits per heavy atom. The van der Waals surface area contributed by atoms with Gasteiger partial charge in [0, 0.05) is 18.2 Å². The van der Waals surface area contributed by atoms with Crippen molar-refractivity contribution in [2.45, 2.75) is 47.5 Å². The molecule has 0 amide bonds. The Bertz CT molecular complexity index is 271. The van der Waals surface area contributed by atoms with Crippen LogP contribution in [0.2, 0.25) is 0 Å². The highest BCUT2D eigenvalue weighted by molar-refractivity contribution is 5.45. The number of rotatable bonds is 4. The van der Waals surface area contributed by atoms with Crippen LogP contribution in [0.3, 0.4) is 0 Å². The van der Waals surface area contributed by atoms with Crippen LogP contribution in [-0.4, -0.2) is 6.54 Å². The van der Waals surface area contributed by atoms with Gasteiger partial charge in [0.05, 0.1) is 0 Å². The minimum absolute atomic E-state index is 0.548. The summed E-state index contributed by atoms with van der Waals surface area (Å²) < 4.78 is 0. The maximum absolute atomic E-state index is 4.71. The van der Waals surface area contributed by atoms with Crippen LogP contribution >= 0.6 is 0 Å². The molecule has 0 heterocycles. The first-order chi connectivity index (χ1) is 6.59. The fraction of sp³-hybridized carbons (Fsp3) is 0.692. The highest BCUT2D eigenvalue weighted by atomic mass is 14.9. The average molecular weight is 192 g/mol. The molecule has 14 heavy (non-hydrogen) atoms. The molecule has 1 aliphatic rings. The van der Waals surface area contributed by atoms with Crippen molar-refractivity contribution in [1.82, 2.24) is 5.32 Å². The molecule has 1 heteroatoms. The second-order valence-corrected chi connectivity index (χ2v) is 4.28. The van der Waals surface area contributed by atoms with Crippen LogP contribution < -0.4 is 5.32 Å². The smallest absolute Gasteiger partial charge is 0.0448 e. The lowest BCUT2D eigenvalue weighted by Gasteiger charge is -2.12. The SMILES string of the molecule is CCCC[N]C1=C(C)C(C)=C(C)C1C. The topological polar surface area (TPSA) is 14.1 Å². The van der Waals surface area contributed by atoms with Crippen LogP contribution in [0.25, 0.3) is 0 Å². The van der Waals surface area contributed by atoms with Crippen LogP contribution in [0.4, 0.5) is 0 Å². The fourth-order valence-corrected chi connectivity index (χ4v) is 1.96. The van der Waals surface area contributed by atoms with Gasteiger partial charge in [0.1, 0.15) is 0 Å². The first-order valence-corrected chi connectivity index (χ1v) is 5.65. The van der Waals surface area contributed by atoms with E-state index < -0.39 is 0 Å². The quantitative estimate of drug-likeness (QED) is 0.604. The van der Waals surface area contributed by atoms with E-state index >= 15 is 0 Å². The van der Waals surface area contributed by atoms with Crippen molar-refractivity contribution >= 4 is 0 Å². The lowest BCUT2D eigenvalue weighted by atomic mass is 10.0. The Kier molecular flexibility index (Phi) is 3.79. The minimum atomic E-state index is 0.548. The molecule has 1 aliphatic carbocycles. The average Bonchev–Trinajstić information content (AvgIpc) is 2.35. The number of unbranched alkanes of at least 4 members (excludes halogenated alkanes) is 1. The van der Waals surface area contributed by atoms with Gasteiger partial charge >= 0.3 is 0 Å². The van der Waals surface area contributed by atoms with Crippen molar-refractivity contribution < 1.29 is 0 Å². The van der Waals surface area contributed by atoms with E-state index in [9.17, 15) is 0 Å². The summed E-state index contributed by atoms with van der Waals surface area (Å²) in [5.41, 5.74) is 5.69. The van der Waals surface area contributed by atoms with Crippen LogP contribution in [-0.2, 0) is 0 Å². The molecule has 1 radical (unpaired) electrons. The summed E-state index contributed by atoms with van der Waals surface area (Å²) in [4.78, 5) is 0. The molecule has 0 fully saturated rings. The van der Waals surface area contributed by atoms with Gasteiger partial charge in [-0.25, -0.2) is 0 Å². The van der Waals surface area contributed by atoms with E-state index in [1.807, 2.05) is 0 Å². The second-order valence-electron chi connectivity index (χ2n) is 4.28. The minimum Gasteiger partial charge on any atom is -0.289 e. The Morgan fingerprint density at radius 3 is 2.21 bits per heavy atom. The molecule has 79 valence electrons. The van der Waals surface area contributed by atoms with Gasteiger partial charge in [0.2, 0.25) is 0 Å². The summed E-state index contributed by atoms with van der Waals surface area (Å²) in [5.74, 6) is 0.548. The lowest BCUT2D eigenvalue weighted by Crippen LogP contribution is -2.12. The molecule has 0 N–H and O–H groups in total. The van der Waals surface area contributed by atoms with Gasteiger partial charge in [-0.15, -0.1) is 0 Å². The number of allylic oxidation sites excluding steroid dienone is 3. The van der Waals surface area contributed by atoms with Gasteiger partial charge in [-0.05, 0) is 38.3 Å². The van der Waals surface area contributed by atoms with Gasteiger partial charge in [0.25, 0.3) is 0 Å². The molecule has 0 saturated carbocycles. The summed E-state index contributed by atoms with van der Waals surface area (Å²) >= 11 is 0. The van der Waals surface area contributed by atoms with Gasteiger partial charge in [-0.2, -0.15) is 0 Å². The Labute approximate surface area is 88.3 Å². The highest BCUT2D eigenvalue weighted by Crippen LogP contribution is 2.35. The van der Waals surface area contributed by atoms with Crippen molar-refractivity contribution in [2.24, 2.45) is 5.92 Å². The van der Waals surface area contributed by atoms with E-state index in [-0.39, 0.29) is 0 Å². The molecule has 0 aromatic heterocycles. The van der Waals surface area contributed by atoms with Crippen LogP contribution in [0, 0.1) is 5.92 Å². The Hall–Kier alpha value is -0.720. The maximum atomic E-state index is 4.71. The zero-order valence-electron chi connectivity index (χ0n) is 10.1. The molecule has 0 spiro atoms. The van der Waals surface area contributed by atoms with Gasteiger partial charge < -0.3 is 0 Å². The predicted molar refractivity (Wildman–Crippen MR) is 62.1 cm³/mol. The molecule has 1 nitrogen and oxygen atoms in total. The molecule has 0 aliphatic heterocycles. The van der Waals surface area contributed by atoms with Crippen LogP contribution in [0.1, 0.15) is 47.5 Å². The zero-order chi connectivity index (χ0) is 10.7. The lowest BCUT2D eigenvalue weighted by molar-refractivity contribution is 0.636. The zero-order valence-corrected chi connectivity index (χ0v) is 10.1. The molecule has 1 unspecified atom stereocenters. The van der Waals surface area contributed by atoms with Crippen LogP contribution in [0.5, 0.6) is 0 Å².